The molecule has 1 N–H and O–H groups in total. The topological polar surface area (TPSA) is 50.7 Å². The van der Waals surface area contributed by atoms with Gasteiger partial charge in [-0.1, -0.05) is 0 Å². The first-order chi connectivity index (χ1) is 5.93. The van der Waals surface area contributed by atoms with Crippen LogP contribution in [0.3, 0.4) is 0 Å². The minimum Gasteiger partial charge on any atom is -0.458 e. The number of hydrogen-bond donors (Lipinski definition) is 1. The highest BCUT2D eigenvalue weighted by Gasteiger charge is 2.09. The molecule has 0 saturated carbocycles. The predicted molar refractivity (Wildman–Crippen MR) is 52.6 cm³/mol. The fraction of sp³-hybridized carbons (Fsp3) is 0.778. The first kappa shape index (κ1) is 11.9. The van der Waals surface area contributed by atoms with E-state index in [0.29, 0.717) is 5.71 Å². The molecule has 0 rings (SSSR count). The van der Waals surface area contributed by atoms with Gasteiger partial charge in [-0.15, -0.1) is 0 Å². The lowest BCUT2D eigenvalue weighted by Crippen LogP contribution is -2.24. The van der Waals surface area contributed by atoms with Gasteiger partial charge in [-0.3, -0.25) is 0 Å². The Morgan fingerprint density at radius 1 is 1.31 bits per heavy atom. The Morgan fingerprint density at radius 2 is 1.85 bits per heavy atom. The van der Waals surface area contributed by atoms with E-state index in [0.717, 1.165) is 0 Å². The molecule has 0 spiro atoms. The van der Waals surface area contributed by atoms with Gasteiger partial charge < -0.3 is 10.2 Å². The fourth-order valence-corrected chi connectivity index (χ4v) is 0.571. The van der Waals surface area contributed by atoms with Crippen molar-refractivity contribution < 1.29 is 9.53 Å². The average molecular weight is 186 g/mol. The lowest BCUT2D eigenvalue weighted by atomic mass is 10.4. The van der Waals surface area contributed by atoms with Gasteiger partial charge in [0.25, 0.3) is 0 Å². The molecule has 0 radical (unpaired) electrons. The van der Waals surface area contributed by atoms with Crippen molar-refractivity contribution in [1.82, 2.24) is 5.43 Å². The first-order valence-corrected chi connectivity index (χ1v) is 4.44. The van der Waals surface area contributed by atoms with Crippen LogP contribution in [0, 0.1) is 0 Å². The zero-order chi connectivity index (χ0) is 10.4. The molecule has 13 heavy (non-hydrogen) atoms. The van der Waals surface area contributed by atoms with E-state index in [1.807, 2.05) is 13.8 Å². The van der Waals surface area contributed by atoms with Crippen molar-refractivity contribution in [3.8, 4) is 0 Å². The molecule has 0 saturated heterocycles. The van der Waals surface area contributed by atoms with Crippen LogP contribution < -0.4 is 5.43 Å². The van der Waals surface area contributed by atoms with Crippen molar-refractivity contribution in [2.24, 2.45) is 5.10 Å². The highest BCUT2D eigenvalue weighted by atomic mass is 16.5. The lowest BCUT2D eigenvalue weighted by Gasteiger charge is -2.08. The van der Waals surface area contributed by atoms with Gasteiger partial charge in [0.15, 0.2) is 0 Å². The molecule has 0 amide bonds. The summed E-state index contributed by atoms with van der Waals surface area (Å²) in [6.45, 7) is 9.14. The number of nitrogens with one attached hydrogen (secondary N) is 1. The van der Waals surface area contributed by atoms with Gasteiger partial charge in [0, 0.05) is 6.04 Å². The van der Waals surface area contributed by atoms with E-state index >= 15 is 0 Å². The number of esters is 1. The lowest BCUT2D eigenvalue weighted by molar-refractivity contribution is -0.139. The Balaban J connectivity index is 4.01. The maximum absolute atomic E-state index is 11.2. The maximum Gasteiger partial charge on any atom is 0.354 e. The molecule has 0 bridgehead atoms. The van der Waals surface area contributed by atoms with Crippen LogP contribution in [-0.4, -0.2) is 23.8 Å². The first-order valence-electron chi connectivity index (χ1n) is 4.44. The molecular formula is C9H18N2O2. The van der Waals surface area contributed by atoms with Gasteiger partial charge in [-0.2, -0.15) is 5.10 Å². The molecule has 0 heterocycles. The largest absolute Gasteiger partial charge is 0.458 e. The summed E-state index contributed by atoms with van der Waals surface area (Å²) in [6, 6.07) is 0.224. The summed E-state index contributed by atoms with van der Waals surface area (Å²) in [5.41, 5.74) is 3.14. The summed E-state index contributed by atoms with van der Waals surface area (Å²) >= 11 is 0. The summed E-state index contributed by atoms with van der Waals surface area (Å²) in [5.74, 6) is -0.372. The van der Waals surface area contributed by atoms with Crippen LogP contribution in [0.4, 0.5) is 0 Å². The molecule has 4 heteroatoms. The van der Waals surface area contributed by atoms with Gasteiger partial charge >= 0.3 is 5.97 Å². The number of hydrogen-bond acceptors (Lipinski definition) is 4. The zero-order valence-corrected chi connectivity index (χ0v) is 8.92. The summed E-state index contributed by atoms with van der Waals surface area (Å²) in [6.07, 6.45) is -0.100. The number of ether oxygens (including phenoxy) is 1. The predicted octanol–water partition coefficient (Wildman–Crippen LogP) is 1.31. The Hall–Kier alpha value is -1.06. The van der Waals surface area contributed by atoms with E-state index in [-0.39, 0.29) is 18.1 Å². The molecule has 0 aromatic heterocycles. The van der Waals surface area contributed by atoms with Crippen LogP contribution >= 0.6 is 0 Å². The second kappa shape index (κ2) is 5.56. The summed E-state index contributed by atoms with van der Waals surface area (Å²) in [4.78, 5) is 11.2. The Kier molecular flexibility index (Phi) is 5.11. The standard InChI is InChI=1S/C9H18N2O2/c1-6(2)10-11-8(5)9(12)13-7(3)4/h6-7,10H,1-5H3/b11-8+. The molecule has 76 valence electrons. The molecule has 4 nitrogen and oxygen atoms in total. The molecule has 0 atom stereocenters. The number of rotatable bonds is 4. The third kappa shape index (κ3) is 6.13. The Morgan fingerprint density at radius 3 is 2.23 bits per heavy atom. The van der Waals surface area contributed by atoms with E-state index in [1.165, 1.54) is 0 Å². The highest BCUT2D eigenvalue weighted by molar-refractivity contribution is 6.35. The molecule has 0 aromatic rings. The minimum atomic E-state index is -0.372. The monoisotopic (exact) mass is 186 g/mol. The van der Waals surface area contributed by atoms with E-state index < -0.39 is 0 Å². The number of hydrazone groups is 1. The highest BCUT2D eigenvalue weighted by Crippen LogP contribution is 1.91. The summed E-state index contributed by atoms with van der Waals surface area (Å²) < 4.78 is 4.93. The van der Waals surface area contributed by atoms with Gasteiger partial charge in [0.05, 0.1) is 6.10 Å². The van der Waals surface area contributed by atoms with Crippen LogP contribution in [0.1, 0.15) is 34.6 Å². The van der Waals surface area contributed by atoms with E-state index in [9.17, 15) is 4.79 Å². The van der Waals surface area contributed by atoms with Gasteiger partial charge in [0.2, 0.25) is 0 Å². The molecule has 0 aliphatic heterocycles. The second-order valence-electron chi connectivity index (χ2n) is 3.44. The molecular weight excluding hydrogens is 168 g/mol. The SMILES string of the molecule is C/C(=N\NC(C)C)C(=O)OC(C)C. The normalized spacial score (nSPS) is 12.1. The molecule has 0 aromatic carbocycles. The third-order valence-corrected chi connectivity index (χ3v) is 1.13. The van der Waals surface area contributed by atoms with Crippen molar-refractivity contribution in [2.45, 2.75) is 46.8 Å². The van der Waals surface area contributed by atoms with Crippen LogP contribution in [0.15, 0.2) is 5.10 Å². The Labute approximate surface area is 79.3 Å². The van der Waals surface area contributed by atoms with Gasteiger partial charge in [-0.25, -0.2) is 4.79 Å². The quantitative estimate of drug-likeness (QED) is 0.409. The van der Waals surface area contributed by atoms with Crippen LogP contribution in [0.2, 0.25) is 0 Å². The van der Waals surface area contributed by atoms with Crippen molar-refractivity contribution in [1.29, 1.82) is 0 Å². The number of nitrogens with zero attached hydrogens (tertiary/aromatic N) is 1. The summed E-state index contributed by atoms with van der Waals surface area (Å²) in [7, 11) is 0. The van der Waals surface area contributed by atoms with Gasteiger partial charge in [-0.05, 0) is 34.6 Å². The maximum atomic E-state index is 11.2. The van der Waals surface area contributed by atoms with Gasteiger partial charge in [0.1, 0.15) is 5.71 Å². The number of carbonyl (C=O) groups excluding carboxylic acids is 1. The second-order valence-corrected chi connectivity index (χ2v) is 3.44. The third-order valence-electron chi connectivity index (χ3n) is 1.13. The Bertz CT molecular complexity index is 198. The van der Waals surface area contributed by atoms with E-state index in [4.69, 9.17) is 4.74 Å². The molecule has 0 aliphatic carbocycles. The minimum absolute atomic E-state index is 0.100. The molecule has 0 unspecified atom stereocenters. The average Bonchev–Trinajstić information content (AvgIpc) is 1.98. The molecule has 0 fully saturated rings. The van der Waals surface area contributed by atoms with Crippen molar-refractivity contribution >= 4 is 11.7 Å². The van der Waals surface area contributed by atoms with E-state index in [1.54, 1.807) is 20.8 Å². The van der Waals surface area contributed by atoms with Crippen molar-refractivity contribution in [2.75, 3.05) is 0 Å². The summed E-state index contributed by atoms with van der Waals surface area (Å²) in [5, 5.41) is 3.87. The smallest absolute Gasteiger partial charge is 0.354 e. The molecule has 0 aliphatic rings. The fourth-order valence-electron chi connectivity index (χ4n) is 0.571. The van der Waals surface area contributed by atoms with E-state index in [2.05, 4.69) is 10.5 Å². The zero-order valence-electron chi connectivity index (χ0n) is 8.92. The number of carbonyl (C=O) groups is 1. The van der Waals surface area contributed by atoms with Crippen molar-refractivity contribution in [3.63, 3.8) is 0 Å². The van der Waals surface area contributed by atoms with Crippen LogP contribution in [-0.2, 0) is 9.53 Å². The van der Waals surface area contributed by atoms with Crippen LogP contribution in [0.5, 0.6) is 0 Å². The van der Waals surface area contributed by atoms with Crippen LogP contribution in [0.25, 0.3) is 0 Å². The van der Waals surface area contributed by atoms with Crippen molar-refractivity contribution in [3.05, 3.63) is 0 Å².